The predicted octanol–water partition coefficient (Wildman–Crippen LogP) is 3.90. The highest BCUT2D eigenvalue weighted by molar-refractivity contribution is 7.21. The van der Waals surface area contributed by atoms with Crippen molar-refractivity contribution in [1.29, 1.82) is 0 Å². The summed E-state index contributed by atoms with van der Waals surface area (Å²) >= 11 is 0.908. The van der Waals surface area contributed by atoms with Gasteiger partial charge >= 0.3 is 5.97 Å². The molecule has 2 aromatic heterocycles. The number of rotatable bonds is 3. The quantitative estimate of drug-likeness (QED) is 0.535. The molecular formula is C18H13F3N2O3S. The molecule has 140 valence electrons. The molecule has 0 unspecified atom stereocenters. The summed E-state index contributed by atoms with van der Waals surface area (Å²) in [7, 11) is 0. The van der Waals surface area contributed by atoms with Gasteiger partial charge in [-0.05, 0) is 13.0 Å². The van der Waals surface area contributed by atoms with Crippen molar-refractivity contribution in [2.24, 2.45) is 0 Å². The smallest absolute Gasteiger partial charge is 0.323 e. The van der Waals surface area contributed by atoms with Crippen LogP contribution in [0.1, 0.15) is 5.69 Å². The third-order valence-electron chi connectivity index (χ3n) is 4.25. The molecule has 2 aromatic carbocycles. The molecule has 2 heterocycles. The van der Waals surface area contributed by atoms with Crippen molar-refractivity contribution in [3.8, 4) is 10.6 Å². The summed E-state index contributed by atoms with van der Waals surface area (Å²) in [6, 6.07) is 7.61. The van der Waals surface area contributed by atoms with Gasteiger partial charge in [0.05, 0.1) is 4.70 Å². The van der Waals surface area contributed by atoms with E-state index >= 15 is 0 Å². The molecule has 0 amide bonds. The predicted molar refractivity (Wildman–Crippen MR) is 96.4 cm³/mol. The maximum Gasteiger partial charge on any atom is 0.323 e. The van der Waals surface area contributed by atoms with Gasteiger partial charge in [-0.15, -0.1) is 11.3 Å². The minimum atomic E-state index is -1.29. The molecule has 0 aliphatic heterocycles. The van der Waals surface area contributed by atoms with Crippen molar-refractivity contribution >= 4 is 38.4 Å². The number of fused-ring (bicyclic) bond motifs is 2. The monoisotopic (exact) mass is 394 g/mol. The van der Waals surface area contributed by atoms with E-state index < -0.39 is 23.4 Å². The Morgan fingerprint density at radius 2 is 1.93 bits per heavy atom. The number of thiazole rings is 1. The van der Waals surface area contributed by atoms with Crippen LogP contribution in [0.5, 0.6) is 0 Å². The van der Waals surface area contributed by atoms with Gasteiger partial charge in [0.25, 0.3) is 0 Å². The lowest BCUT2D eigenvalue weighted by Gasteiger charge is -2.04. The van der Waals surface area contributed by atoms with E-state index in [2.05, 4.69) is 4.98 Å². The molecule has 3 N–H and O–H groups in total. The lowest BCUT2D eigenvalue weighted by Crippen LogP contribution is -2.09. The SMILES string of the molecule is Cc1c(-c2nc3c(F)c(F)cc(F)c3s2)c2ccccc2n1CC(=O)O.O. The van der Waals surface area contributed by atoms with Crippen LogP contribution in [-0.4, -0.2) is 26.1 Å². The average molecular weight is 394 g/mol. The molecular weight excluding hydrogens is 381 g/mol. The zero-order chi connectivity index (χ0) is 18.6. The molecule has 0 fully saturated rings. The van der Waals surface area contributed by atoms with Crippen molar-refractivity contribution < 1.29 is 28.5 Å². The zero-order valence-corrected chi connectivity index (χ0v) is 14.7. The first-order chi connectivity index (χ1) is 12.4. The summed E-state index contributed by atoms with van der Waals surface area (Å²) in [6.45, 7) is 1.46. The molecule has 5 nitrogen and oxygen atoms in total. The van der Waals surface area contributed by atoms with Gasteiger partial charge in [0, 0.05) is 28.2 Å². The van der Waals surface area contributed by atoms with Gasteiger partial charge in [-0.1, -0.05) is 18.2 Å². The standard InChI is InChI=1S/C18H11F3N2O2S.H2O/c1-8-14(9-4-2-3-5-12(9)23(8)7-13(24)25)18-22-16-15(21)10(19)6-11(20)17(16)26-18;/h2-6H,7H2,1H3,(H,24,25);1H2. The Kier molecular flexibility index (Phi) is 4.66. The highest BCUT2D eigenvalue weighted by Crippen LogP contribution is 2.40. The third-order valence-corrected chi connectivity index (χ3v) is 5.33. The van der Waals surface area contributed by atoms with E-state index in [0.717, 1.165) is 11.3 Å². The molecule has 0 aliphatic carbocycles. The first-order valence-corrected chi connectivity index (χ1v) is 8.44. The lowest BCUT2D eigenvalue weighted by molar-refractivity contribution is -0.137. The van der Waals surface area contributed by atoms with E-state index in [4.69, 9.17) is 0 Å². The fourth-order valence-electron chi connectivity index (χ4n) is 3.13. The topological polar surface area (TPSA) is 86.6 Å². The van der Waals surface area contributed by atoms with Crippen molar-refractivity contribution in [1.82, 2.24) is 9.55 Å². The Balaban J connectivity index is 0.00000210. The van der Waals surface area contributed by atoms with E-state index in [1.807, 2.05) is 0 Å². The molecule has 0 saturated heterocycles. The highest BCUT2D eigenvalue weighted by Gasteiger charge is 2.23. The molecule has 0 bridgehead atoms. The molecule has 4 aromatic rings. The average Bonchev–Trinajstić information content (AvgIpc) is 3.14. The summed E-state index contributed by atoms with van der Waals surface area (Å²) in [5.41, 5.74) is 1.50. The van der Waals surface area contributed by atoms with Gasteiger partial charge < -0.3 is 15.1 Å². The van der Waals surface area contributed by atoms with Gasteiger partial charge in [-0.2, -0.15) is 0 Å². The molecule has 0 radical (unpaired) electrons. The van der Waals surface area contributed by atoms with E-state index in [0.29, 0.717) is 33.2 Å². The summed E-state index contributed by atoms with van der Waals surface area (Å²) < 4.78 is 43.1. The van der Waals surface area contributed by atoms with Crippen molar-refractivity contribution in [2.75, 3.05) is 0 Å². The number of carboxylic acid groups (broad SMARTS) is 1. The van der Waals surface area contributed by atoms with Gasteiger partial charge in [0.15, 0.2) is 11.6 Å². The molecule has 0 spiro atoms. The number of hydrogen-bond acceptors (Lipinski definition) is 3. The fraction of sp³-hybridized carbons (Fsp3) is 0.111. The van der Waals surface area contributed by atoms with Crippen LogP contribution in [-0.2, 0) is 11.3 Å². The largest absolute Gasteiger partial charge is 0.480 e. The van der Waals surface area contributed by atoms with Crippen LogP contribution in [0.15, 0.2) is 30.3 Å². The third kappa shape index (κ3) is 2.84. The number of para-hydroxylation sites is 1. The number of benzene rings is 2. The fourth-order valence-corrected chi connectivity index (χ4v) is 4.21. The van der Waals surface area contributed by atoms with E-state index in [-0.39, 0.29) is 22.2 Å². The van der Waals surface area contributed by atoms with E-state index in [1.54, 1.807) is 35.8 Å². The van der Waals surface area contributed by atoms with Crippen LogP contribution in [0, 0.1) is 24.4 Å². The number of halogens is 3. The van der Waals surface area contributed by atoms with Crippen LogP contribution in [0.3, 0.4) is 0 Å². The van der Waals surface area contributed by atoms with Gasteiger partial charge in [0.2, 0.25) is 0 Å². The first-order valence-electron chi connectivity index (χ1n) is 7.62. The summed E-state index contributed by atoms with van der Waals surface area (Å²) in [6.07, 6.45) is 0. The van der Waals surface area contributed by atoms with Gasteiger partial charge in [0.1, 0.15) is 22.9 Å². The maximum atomic E-state index is 14.0. The van der Waals surface area contributed by atoms with Crippen molar-refractivity contribution in [3.63, 3.8) is 0 Å². The van der Waals surface area contributed by atoms with Crippen LogP contribution in [0.25, 0.3) is 31.7 Å². The number of nitrogens with zero attached hydrogens (tertiary/aromatic N) is 2. The Morgan fingerprint density at radius 3 is 2.63 bits per heavy atom. The molecule has 9 heteroatoms. The Hall–Kier alpha value is -2.91. The lowest BCUT2D eigenvalue weighted by atomic mass is 10.1. The van der Waals surface area contributed by atoms with Gasteiger partial charge in [-0.3, -0.25) is 4.79 Å². The van der Waals surface area contributed by atoms with E-state index in [9.17, 15) is 23.1 Å². The second-order valence-corrected chi connectivity index (χ2v) is 6.81. The number of aromatic nitrogens is 2. The molecule has 0 aliphatic rings. The second-order valence-electron chi connectivity index (χ2n) is 5.81. The number of carbonyl (C=O) groups is 1. The molecule has 4 rings (SSSR count). The molecule has 0 saturated carbocycles. The molecule has 27 heavy (non-hydrogen) atoms. The van der Waals surface area contributed by atoms with Gasteiger partial charge in [-0.25, -0.2) is 18.2 Å². The van der Waals surface area contributed by atoms with Crippen LogP contribution in [0.2, 0.25) is 0 Å². The number of carboxylic acids is 1. The Morgan fingerprint density at radius 1 is 1.22 bits per heavy atom. The van der Waals surface area contributed by atoms with Crippen molar-refractivity contribution in [2.45, 2.75) is 13.5 Å². The summed E-state index contributed by atoms with van der Waals surface area (Å²) in [5, 5.41) is 10.2. The minimum absolute atomic E-state index is 0. The minimum Gasteiger partial charge on any atom is -0.480 e. The Bertz CT molecular complexity index is 1200. The number of aliphatic carboxylic acids is 1. The summed E-state index contributed by atoms with van der Waals surface area (Å²) in [4.78, 5) is 15.3. The molecule has 0 atom stereocenters. The second kappa shape index (κ2) is 6.67. The number of hydrogen-bond donors (Lipinski definition) is 1. The summed E-state index contributed by atoms with van der Waals surface area (Å²) in [5.74, 6) is -4.38. The van der Waals surface area contributed by atoms with Crippen molar-refractivity contribution in [3.05, 3.63) is 53.5 Å². The van der Waals surface area contributed by atoms with Crippen LogP contribution in [0.4, 0.5) is 13.2 Å². The maximum absolute atomic E-state index is 14.0. The first kappa shape index (κ1) is 18.9. The Labute approximate surface area is 154 Å². The van der Waals surface area contributed by atoms with Crippen LogP contribution >= 0.6 is 11.3 Å². The highest BCUT2D eigenvalue weighted by atomic mass is 32.1. The van der Waals surface area contributed by atoms with E-state index in [1.165, 1.54) is 0 Å². The van der Waals surface area contributed by atoms with Crippen LogP contribution < -0.4 is 0 Å². The normalized spacial score (nSPS) is 11.1. The zero-order valence-electron chi connectivity index (χ0n) is 13.9.